The number of benzene rings is 1. The third-order valence-electron chi connectivity index (χ3n) is 4.48. The van der Waals surface area contributed by atoms with Gasteiger partial charge in [-0.15, -0.1) is 0 Å². The Bertz CT molecular complexity index is 627. The predicted molar refractivity (Wildman–Crippen MR) is 85.3 cm³/mol. The van der Waals surface area contributed by atoms with E-state index in [4.69, 9.17) is 5.73 Å². The monoisotopic (exact) mass is 373 g/mol. The van der Waals surface area contributed by atoms with Crippen LogP contribution < -0.4 is 10.5 Å². The molecule has 0 aromatic heterocycles. The Morgan fingerprint density at radius 1 is 1.33 bits per heavy atom. The number of hydrogen-bond donors (Lipinski definition) is 2. The van der Waals surface area contributed by atoms with Gasteiger partial charge in [-0.25, -0.2) is 13.1 Å². The third kappa shape index (κ3) is 3.17. The number of nitrogens with two attached hydrogens (primary N) is 1. The lowest BCUT2D eigenvalue weighted by Gasteiger charge is -2.44. The lowest BCUT2D eigenvalue weighted by Crippen LogP contribution is -2.57. The molecular formula is C14H20BrN3O2S. The summed E-state index contributed by atoms with van der Waals surface area (Å²) in [6, 6.07) is 5.24. The summed E-state index contributed by atoms with van der Waals surface area (Å²) >= 11 is 3.33. The van der Waals surface area contributed by atoms with Crippen LogP contribution in [0.5, 0.6) is 0 Å². The third-order valence-corrected chi connectivity index (χ3v) is 6.97. The van der Waals surface area contributed by atoms with Crippen molar-refractivity contribution in [3.63, 3.8) is 0 Å². The molecule has 1 aromatic carbocycles. The molecule has 21 heavy (non-hydrogen) atoms. The molecule has 5 nitrogen and oxygen atoms in total. The predicted octanol–water partition coefficient (Wildman–Crippen LogP) is 1.28. The zero-order valence-electron chi connectivity index (χ0n) is 11.8. The van der Waals surface area contributed by atoms with E-state index in [9.17, 15) is 8.42 Å². The second-order valence-electron chi connectivity index (χ2n) is 5.83. The quantitative estimate of drug-likeness (QED) is 0.833. The van der Waals surface area contributed by atoms with Gasteiger partial charge in [0.25, 0.3) is 0 Å². The van der Waals surface area contributed by atoms with Crippen LogP contribution in [0.2, 0.25) is 0 Å². The summed E-state index contributed by atoms with van der Waals surface area (Å²) in [7, 11) is -3.52. The van der Waals surface area contributed by atoms with Gasteiger partial charge in [0.05, 0.1) is 4.90 Å². The topological polar surface area (TPSA) is 75.4 Å². The maximum absolute atomic E-state index is 12.7. The summed E-state index contributed by atoms with van der Waals surface area (Å²) in [5.74, 6) is 0.459. The molecule has 3 fully saturated rings. The maximum Gasteiger partial charge on any atom is 0.242 e. The first-order valence-corrected chi connectivity index (χ1v) is 9.50. The summed E-state index contributed by atoms with van der Waals surface area (Å²) in [5, 5.41) is 0. The van der Waals surface area contributed by atoms with Crippen molar-refractivity contribution in [2.45, 2.75) is 30.3 Å². The summed E-state index contributed by atoms with van der Waals surface area (Å²) in [6.07, 6.45) is 2.16. The minimum atomic E-state index is -3.52. The highest BCUT2D eigenvalue weighted by atomic mass is 79.9. The molecule has 0 amide bonds. The normalized spacial score (nSPS) is 28.8. The van der Waals surface area contributed by atoms with E-state index in [1.165, 1.54) is 0 Å². The van der Waals surface area contributed by atoms with Crippen molar-refractivity contribution in [3.05, 3.63) is 28.2 Å². The first kappa shape index (κ1) is 15.4. The molecule has 0 aliphatic carbocycles. The van der Waals surface area contributed by atoms with Gasteiger partial charge in [0.1, 0.15) is 0 Å². The Kier molecular flexibility index (Phi) is 4.38. The summed E-state index contributed by atoms with van der Waals surface area (Å²) in [5.41, 5.74) is 6.42. The summed E-state index contributed by atoms with van der Waals surface area (Å²) in [6.45, 7) is 3.33. The standard InChI is InChI=1S/C14H20BrN3O2S/c15-12-2-1-10(8-16)7-14(12)21(19,20)17-13-9-18-5-3-11(13)4-6-18/h1-2,7,11,13,17H,3-6,8-9,16H2. The highest BCUT2D eigenvalue weighted by Crippen LogP contribution is 2.30. The van der Waals surface area contributed by atoms with E-state index >= 15 is 0 Å². The smallest absolute Gasteiger partial charge is 0.242 e. The highest BCUT2D eigenvalue weighted by molar-refractivity contribution is 9.10. The molecule has 3 aliphatic rings. The number of fused-ring (bicyclic) bond motifs is 3. The highest BCUT2D eigenvalue weighted by Gasteiger charge is 2.36. The van der Waals surface area contributed by atoms with E-state index in [1.54, 1.807) is 12.1 Å². The van der Waals surface area contributed by atoms with Gasteiger partial charge in [-0.3, -0.25) is 0 Å². The van der Waals surface area contributed by atoms with Gasteiger partial charge >= 0.3 is 0 Å². The van der Waals surface area contributed by atoms with E-state index in [2.05, 4.69) is 25.6 Å². The van der Waals surface area contributed by atoms with Gasteiger partial charge in [-0.1, -0.05) is 6.07 Å². The Morgan fingerprint density at radius 3 is 2.62 bits per heavy atom. The average Bonchev–Trinajstić information content (AvgIpc) is 2.48. The van der Waals surface area contributed by atoms with Gasteiger partial charge in [0.2, 0.25) is 10.0 Å². The van der Waals surface area contributed by atoms with Crippen molar-refractivity contribution < 1.29 is 8.42 Å². The average molecular weight is 374 g/mol. The van der Waals surface area contributed by atoms with Crippen LogP contribution in [0.1, 0.15) is 18.4 Å². The molecule has 4 rings (SSSR count). The molecule has 2 bridgehead atoms. The van der Waals surface area contributed by atoms with Gasteiger partial charge < -0.3 is 10.6 Å². The maximum atomic E-state index is 12.7. The Labute approximate surface area is 134 Å². The fourth-order valence-electron chi connectivity index (χ4n) is 3.24. The second kappa shape index (κ2) is 5.96. The molecule has 7 heteroatoms. The van der Waals surface area contributed by atoms with Crippen molar-refractivity contribution in [1.82, 2.24) is 9.62 Å². The first-order chi connectivity index (χ1) is 9.99. The second-order valence-corrected chi connectivity index (χ2v) is 8.37. The van der Waals surface area contributed by atoms with Crippen LogP contribution in [0.25, 0.3) is 0 Å². The summed E-state index contributed by atoms with van der Waals surface area (Å²) in [4.78, 5) is 2.61. The zero-order valence-corrected chi connectivity index (χ0v) is 14.2. The molecule has 0 saturated carbocycles. The molecule has 3 aliphatic heterocycles. The number of nitrogens with one attached hydrogen (secondary N) is 1. The van der Waals surface area contributed by atoms with Crippen molar-refractivity contribution in [2.24, 2.45) is 11.7 Å². The van der Waals surface area contributed by atoms with Crippen LogP contribution in [-0.2, 0) is 16.6 Å². The molecule has 116 valence electrons. The SMILES string of the molecule is NCc1ccc(Br)c(S(=O)(=O)NC2CN3CCC2CC3)c1. The Hall–Kier alpha value is -0.470. The lowest BCUT2D eigenvalue weighted by molar-refractivity contribution is 0.0827. The minimum absolute atomic E-state index is 0.0194. The van der Waals surface area contributed by atoms with E-state index in [1.807, 2.05) is 6.07 Å². The van der Waals surface area contributed by atoms with Crippen LogP contribution in [-0.4, -0.2) is 39.0 Å². The van der Waals surface area contributed by atoms with Crippen LogP contribution in [0, 0.1) is 5.92 Å². The number of hydrogen-bond acceptors (Lipinski definition) is 4. The van der Waals surface area contributed by atoms with Crippen molar-refractivity contribution in [1.29, 1.82) is 0 Å². The lowest BCUT2D eigenvalue weighted by atomic mass is 9.85. The Balaban J connectivity index is 1.84. The van der Waals surface area contributed by atoms with Crippen molar-refractivity contribution >= 4 is 26.0 Å². The van der Waals surface area contributed by atoms with E-state index < -0.39 is 10.0 Å². The number of piperidine rings is 3. The van der Waals surface area contributed by atoms with Gasteiger partial charge in [-0.2, -0.15) is 0 Å². The molecule has 1 unspecified atom stereocenters. The van der Waals surface area contributed by atoms with Crippen molar-refractivity contribution in [2.75, 3.05) is 19.6 Å². The number of rotatable bonds is 4. The van der Waals surface area contributed by atoms with Gasteiger partial charge in [-0.05, 0) is 65.5 Å². The molecule has 3 heterocycles. The molecule has 0 spiro atoms. The molecule has 1 aromatic rings. The Morgan fingerprint density at radius 2 is 2.05 bits per heavy atom. The first-order valence-electron chi connectivity index (χ1n) is 7.23. The minimum Gasteiger partial charge on any atom is -0.326 e. The van der Waals surface area contributed by atoms with Gasteiger partial charge in [0, 0.05) is 23.6 Å². The van der Waals surface area contributed by atoms with Crippen LogP contribution >= 0.6 is 15.9 Å². The molecule has 3 saturated heterocycles. The van der Waals surface area contributed by atoms with Crippen molar-refractivity contribution in [3.8, 4) is 0 Å². The van der Waals surface area contributed by atoms with E-state index in [0.29, 0.717) is 16.9 Å². The molecule has 0 radical (unpaired) electrons. The fraction of sp³-hybridized carbons (Fsp3) is 0.571. The molecule has 1 atom stereocenters. The van der Waals surface area contributed by atoms with E-state index in [0.717, 1.165) is 38.0 Å². The van der Waals surface area contributed by atoms with E-state index in [-0.39, 0.29) is 10.9 Å². The number of halogens is 1. The molecular weight excluding hydrogens is 354 g/mol. The van der Waals surface area contributed by atoms with Crippen LogP contribution in [0.4, 0.5) is 0 Å². The van der Waals surface area contributed by atoms with Gasteiger partial charge in [0.15, 0.2) is 0 Å². The van der Waals surface area contributed by atoms with Crippen LogP contribution in [0.15, 0.2) is 27.6 Å². The number of sulfonamides is 1. The zero-order chi connectivity index (χ0) is 15.0. The fourth-order valence-corrected chi connectivity index (χ4v) is 5.55. The summed E-state index contributed by atoms with van der Waals surface area (Å²) < 4.78 is 28.8. The molecule has 3 N–H and O–H groups in total. The largest absolute Gasteiger partial charge is 0.326 e. The van der Waals surface area contributed by atoms with Crippen LogP contribution in [0.3, 0.4) is 0 Å². The number of nitrogens with zero attached hydrogens (tertiary/aromatic N) is 1.